The van der Waals surface area contributed by atoms with Crippen LogP contribution in [0.25, 0.3) is 0 Å². The Morgan fingerprint density at radius 3 is 1.21 bits per heavy atom. The standard InChI is InChI=1S/C10H11.C4H7O.2C2H3O.3U/c1-7-5-8(2)10(4)9(3)6-7;1-4(2)3-5;2*1-2-3;;;/h5-6H,1-3H2,4H3;4H,1-2H3;2*1H3;;;/q-3;3*-1;3*+2. The fraction of sp³-hybridized carbons (Fsp3) is 0.333. The Labute approximate surface area is 219 Å². The summed E-state index contributed by atoms with van der Waals surface area (Å²) in [5.74, 6) is 0.0787. The first-order valence-corrected chi connectivity index (χ1v) is 6.27. The molecule has 6 heteroatoms. The summed E-state index contributed by atoms with van der Waals surface area (Å²) in [6.07, 6.45) is 4.78. The molecule has 0 aliphatic carbocycles. The van der Waals surface area contributed by atoms with Crippen LogP contribution in [0.2, 0.25) is 0 Å². The van der Waals surface area contributed by atoms with Gasteiger partial charge in [0.15, 0.2) is 0 Å². The first kappa shape index (κ1) is 39.9. The predicted octanol–water partition coefficient (Wildman–Crippen LogP) is 3.53. The molecule has 0 atom stereocenters. The Hall–Kier alpha value is 0.996. The van der Waals surface area contributed by atoms with Crippen molar-refractivity contribution in [1.29, 1.82) is 0 Å². The van der Waals surface area contributed by atoms with Crippen LogP contribution in [0.15, 0.2) is 12.1 Å². The fourth-order valence-electron chi connectivity index (χ4n) is 0.912. The second-order valence-corrected chi connectivity index (χ2v) is 4.22. The van der Waals surface area contributed by atoms with Gasteiger partial charge in [0.25, 0.3) is 0 Å². The molecule has 1 aromatic rings. The molecule has 0 fully saturated rings. The average molecular weight is 1000 g/mol. The van der Waals surface area contributed by atoms with E-state index in [1.165, 1.54) is 26.4 Å². The summed E-state index contributed by atoms with van der Waals surface area (Å²) in [6, 6.07) is 3.92. The van der Waals surface area contributed by atoms with Gasteiger partial charge < -0.3 is 14.4 Å². The minimum Gasteiger partial charge on any atom is -0.542 e. The molecule has 0 N–H and O–H groups in total. The number of benzene rings is 1. The van der Waals surface area contributed by atoms with Crippen LogP contribution in [0.4, 0.5) is 0 Å². The summed E-state index contributed by atoms with van der Waals surface area (Å²) >= 11 is 0. The molecule has 0 saturated heterocycles. The van der Waals surface area contributed by atoms with Gasteiger partial charge in [-0.3, -0.25) is 18.9 Å². The van der Waals surface area contributed by atoms with Crippen molar-refractivity contribution < 1.29 is 108 Å². The Balaban J connectivity index is -0.0000000502. The average Bonchev–Trinajstić information content (AvgIpc) is 2.38. The second kappa shape index (κ2) is 28.8. The normalized spacial score (nSPS) is 6.92. The maximum atomic E-state index is 9.38. The molecule has 0 radical (unpaired) electrons. The molecule has 1 rings (SSSR count). The van der Waals surface area contributed by atoms with Crippen LogP contribution in [0.5, 0.6) is 0 Å². The predicted molar refractivity (Wildman–Crippen MR) is 87.8 cm³/mol. The topological polar surface area (TPSA) is 51.2 Å². The summed E-state index contributed by atoms with van der Waals surface area (Å²) in [5, 5.41) is 0. The van der Waals surface area contributed by atoms with E-state index in [0.29, 0.717) is 0 Å². The van der Waals surface area contributed by atoms with E-state index in [1.807, 2.05) is 19.1 Å². The Morgan fingerprint density at radius 2 is 1.04 bits per heavy atom. The summed E-state index contributed by atoms with van der Waals surface area (Å²) in [6.45, 7) is 19.8. The van der Waals surface area contributed by atoms with Gasteiger partial charge in [0.05, 0.1) is 0 Å². The third kappa shape index (κ3) is 30.8. The number of rotatable bonds is 1. The van der Waals surface area contributed by atoms with Crippen molar-refractivity contribution in [3.05, 3.63) is 55.2 Å². The molecule has 126 valence electrons. The van der Waals surface area contributed by atoms with Crippen LogP contribution in [0, 0.1) is 127 Å². The molecule has 3 nitrogen and oxygen atoms in total. The molecule has 0 aliphatic heterocycles. The molecule has 0 heterocycles. The van der Waals surface area contributed by atoms with Gasteiger partial charge in [-0.15, -0.1) is 5.92 Å². The zero-order valence-corrected chi connectivity index (χ0v) is 27.6. The minimum absolute atomic E-state index is 0. The van der Waals surface area contributed by atoms with Crippen LogP contribution in [0.3, 0.4) is 0 Å². The molecule has 0 amide bonds. The van der Waals surface area contributed by atoms with E-state index in [0.717, 1.165) is 22.3 Å². The first-order valence-electron chi connectivity index (χ1n) is 6.27. The van der Waals surface area contributed by atoms with Crippen molar-refractivity contribution in [2.75, 3.05) is 0 Å². The molecule has 0 aliphatic rings. The van der Waals surface area contributed by atoms with E-state index < -0.39 is 0 Å². The zero-order valence-electron chi connectivity index (χ0n) is 15.1. The zero-order chi connectivity index (χ0) is 17.4. The quantitative estimate of drug-likeness (QED) is 0.406. The molecule has 0 aromatic heterocycles. The smallest absolute Gasteiger partial charge is 0.542 e. The van der Waals surface area contributed by atoms with E-state index in [1.54, 1.807) is 20.1 Å². The molecular weight excluding hydrogens is 978 g/mol. The van der Waals surface area contributed by atoms with Gasteiger partial charge >= 0.3 is 93.3 Å². The fourth-order valence-corrected chi connectivity index (χ4v) is 0.912. The van der Waals surface area contributed by atoms with Crippen molar-refractivity contribution >= 4 is 18.9 Å². The second-order valence-electron chi connectivity index (χ2n) is 4.22. The largest absolute Gasteiger partial charge is 2.00 e. The van der Waals surface area contributed by atoms with Crippen molar-refractivity contribution in [3.8, 4) is 0 Å². The molecule has 1 aromatic carbocycles. The van der Waals surface area contributed by atoms with E-state index in [2.05, 4.69) is 20.8 Å². The molecule has 0 saturated carbocycles. The van der Waals surface area contributed by atoms with Crippen molar-refractivity contribution in [2.24, 2.45) is 5.92 Å². The monoisotopic (exact) mass is 1000 g/mol. The van der Waals surface area contributed by atoms with Gasteiger partial charge in [-0.1, -0.05) is 20.8 Å². The minimum atomic E-state index is 0. The van der Waals surface area contributed by atoms with Crippen LogP contribution < -0.4 is 0 Å². The molecule has 0 spiro atoms. The van der Waals surface area contributed by atoms with Gasteiger partial charge in [0.2, 0.25) is 0 Å². The Bertz CT molecular complexity index is 391. The third-order valence-electron chi connectivity index (χ3n) is 1.92. The van der Waals surface area contributed by atoms with Gasteiger partial charge in [0, 0.05) is 0 Å². The third-order valence-corrected chi connectivity index (χ3v) is 1.92. The summed E-state index contributed by atoms with van der Waals surface area (Å²) in [7, 11) is 0. The van der Waals surface area contributed by atoms with Crippen LogP contribution >= 0.6 is 0 Å². The van der Waals surface area contributed by atoms with Gasteiger partial charge in [-0.25, -0.2) is 0 Å². The van der Waals surface area contributed by atoms with E-state index in [-0.39, 0.29) is 99.3 Å². The van der Waals surface area contributed by atoms with Crippen LogP contribution in [-0.2, 0) is 14.4 Å². The molecule has 0 unspecified atom stereocenters. The maximum Gasteiger partial charge on any atom is 2.00 e. The van der Waals surface area contributed by atoms with E-state index in [4.69, 9.17) is 9.59 Å². The number of carbonyl (C=O) groups excluding carboxylic acids is 3. The first-order chi connectivity index (χ1) is 9.71. The van der Waals surface area contributed by atoms with Crippen molar-refractivity contribution in [3.63, 3.8) is 0 Å². The number of hydrogen-bond acceptors (Lipinski definition) is 3. The summed E-state index contributed by atoms with van der Waals surface area (Å²) < 4.78 is 0. The molecule has 24 heavy (non-hydrogen) atoms. The summed E-state index contributed by atoms with van der Waals surface area (Å²) in [4.78, 5) is 26.7. The van der Waals surface area contributed by atoms with Crippen LogP contribution in [0.1, 0.15) is 49.9 Å². The molecular formula is C18H24O3U3. The molecule has 0 bridgehead atoms. The summed E-state index contributed by atoms with van der Waals surface area (Å²) in [5.41, 5.74) is 4.20. The van der Waals surface area contributed by atoms with Gasteiger partial charge in [0.1, 0.15) is 0 Å². The Kier molecular flexibility index (Phi) is 47.8. The van der Waals surface area contributed by atoms with Crippen molar-refractivity contribution in [2.45, 2.75) is 34.6 Å². The van der Waals surface area contributed by atoms with E-state index in [9.17, 15) is 4.79 Å². The van der Waals surface area contributed by atoms with Gasteiger partial charge in [-0.2, -0.15) is 69.0 Å². The SMILES string of the molecule is CC(C)[C-]=O.C[C-]=O.C[C-]=O.[CH2-]c1cc([CH2-])c(C)c([CH2-])c1.[U+2].[U+2].[U+2]. The van der Waals surface area contributed by atoms with Crippen molar-refractivity contribution in [1.82, 2.24) is 0 Å². The van der Waals surface area contributed by atoms with E-state index >= 15 is 0 Å². The number of hydrogen-bond donors (Lipinski definition) is 0. The maximum absolute atomic E-state index is 9.38. The Morgan fingerprint density at radius 1 is 0.833 bits per heavy atom. The van der Waals surface area contributed by atoms with Gasteiger partial charge in [-0.05, 0) is 0 Å². The van der Waals surface area contributed by atoms with Crippen LogP contribution in [-0.4, -0.2) is 18.9 Å².